The zero-order chi connectivity index (χ0) is 25.8. The standard InChI is InChI=1S/C29H25FN6O/c1-18(20-7-3-2-4-8-20)33-29-32-15-14-24(34-29)27-26(21-10-12-23(30)13-11-21)35-25(36-27)17-19-6-5-9-22(16-19)28(31)37/h2-16,18H,17H2,1H3,(H2,31,37)(H,35,36)(H,32,33,34)/t18-/m0/s1. The van der Waals surface area contributed by atoms with Crippen LogP contribution in [0.15, 0.2) is 91.1 Å². The molecule has 0 aliphatic carbocycles. The van der Waals surface area contributed by atoms with E-state index in [-0.39, 0.29) is 11.9 Å². The van der Waals surface area contributed by atoms with Crippen molar-refractivity contribution < 1.29 is 9.18 Å². The molecule has 3 aromatic carbocycles. The van der Waals surface area contributed by atoms with Crippen LogP contribution < -0.4 is 11.1 Å². The van der Waals surface area contributed by atoms with Crippen LogP contribution in [0.5, 0.6) is 0 Å². The van der Waals surface area contributed by atoms with Crippen LogP contribution in [0.4, 0.5) is 10.3 Å². The Labute approximate surface area is 213 Å². The van der Waals surface area contributed by atoms with Gasteiger partial charge >= 0.3 is 0 Å². The Hall–Kier alpha value is -4.85. The number of anilines is 1. The fraction of sp³-hybridized carbons (Fsp3) is 0.103. The number of aromatic amines is 1. The van der Waals surface area contributed by atoms with Crippen molar-refractivity contribution in [2.75, 3.05) is 5.32 Å². The van der Waals surface area contributed by atoms with Crippen LogP contribution in [0, 0.1) is 5.82 Å². The van der Waals surface area contributed by atoms with Gasteiger partial charge in [0.1, 0.15) is 11.6 Å². The van der Waals surface area contributed by atoms with Crippen molar-refractivity contribution in [2.45, 2.75) is 19.4 Å². The maximum atomic E-state index is 13.6. The molecule has 5 aromatic rings. The zero-order valence-corrected chi connectivity index (χ0v) is 20.1. The Morgan fingerprint density at radius 1 is 1.00 bits per heavy atom. The SMILES string of the molecule is C[C@H](Nc1nccc(-c2[nH]c(Cc3cccc(C(N)=O)c3)nc2-c2ccc(F)cc2)n1)c1ccccc1. The summed E-state index contributed by atoms with van der Waals surface area (Å²) in [5, 5.41) is 3.35. The summed E-state index contributed by atoms with van der Waals surface area (Å²) in [4.78, 5) is 28.9. The maximum absolute atomic E-state index is 13.6. The highest BCUT2D eigenvalue weighted by Crippen LogP contribution is 2.30. The van der Waals surface area contributed by atoms with Gasteiger partial charge in [0.15, 0.2) is 0 Å². The van der Waals surface area contributed by atoms with Crippen LogP contribution in [0.3, 0.4) is 0 Å². The van der Waals surface area contributed by atoms with E-state index in [1.54, 1.807) is 42.6 Å². The average molecular weight is 493 g/mol. The summed E-state index contributed by atoms with van der Waals surface area (Å²) in [6.07, 6.45) is 2.13. The smallest absolute Gasteiger partial charge is 0.248 e. The molecule has 2 heterocycles. The number of aromatic nitrogens is 4. The lowest BCUT2D eigenvalue weighted by Gasteiger charge is -2.14. The van der Waals surface area contributed by atoms with Gasteiger partial charge in [0.2, 0.25) is 11.9 Å². The number of carbonyl (C=O) groups is 1. The minimum Gasteiger partial charge on any atom is -0.366 e. The molecular formula is C29H25FN6O. The number of primary amides is 1. The number of benzene rings is 3. The summed E-state index contributed by atoms with van der Waals surface area (Å²) in [6.45, 7) is 2.05. The first-order chi connectivity index (χ1) is 18.0. The number of carbonyl (C=O) groups excluding carboxylic acids is 1. The fourth-order valence-electron chi connectivity index (χ4n) is 4.12. The van der Waals surface area contributed by atoms with Gasteiger partial charge in [-0.2, -0.15) is 0 Å². The van der Waals surface area contributed by atoms with Gasteiger partial charge in [0, 0.05) is 23.7 Å². The van der Waals surface area contributed by atoms with Crippen molar-refractivity contribution in [3.05, 3.63) is 119 Å². The molecule has 0 fully saturated rings. The van der Waals surface area contributed by atoms with Crippen LogP contribution in [0.2, 0.25) is 0 Å². The Morgan fingerprint density at radius 2 is 1.78 bits per heavy atom. The van der Waals surface area contributed by atoms with Gasteiger partial charge in [-0.25, -0.2) is 19.3 Å². The second-order valence-corrected chi connectivity index (χ2v) is 8.70. The van der Waals surface area contributed by atoms with E-state index in [1.165, 1.54) is 12.1 Å². The topological polar surface area (TPSA) is 110 Å². The predicted molar refractivity (Wildman–Crippen MR) is 141 cm³/mol. The largest absolute Gasteiger partial charge is 0.366 e. The fourth-order valence-corrected chi connectivity index (χ4v) is 4.12. The molecule has 7 nitrogen and oxygen atoms in total. The molecule has 1 amide bonds. The molecule has 0 aliphatic rings. The normalized spacial score (nSPS) is 11.7. The lowest BCUT2D eigenvalue weighted by molar-refractivity contribution is 0.1000. The number of H-pyrrole nitrogens is 1. The summed E-state index contributed by atoms with van der Waals surface area (Å²) in [6, 6.07) is 25.1. The highest BCUT2D eigenvalue weighted by molar-refractivity contribution is 5.92. The second-order valence-electron chi connectivity index (χ2n) is 8.70. The number of amides is 1. The minimum atomic E-state index is -0.486. The van der Waals surface area contributed by atoms with Crippen molar-refractivity contribution in [3.63, 3.8) is 0 Å². The monoisotopic (exact) mass is 492 g/mol. The number of rotatable bonds is 8. The molecule has 184 valence electrons. The van der Waals surface area contributed by atoms with Gasteiger partial charge in [0.25, 0.3) is 0 Å². The van der Waals surface area contributed by atoms with Crippen molar-refractivity contribution in [1.29, 1.82) is 0 Å². The molecule has 0 radical (unpaired) electrons. The molecule has 0 saturated heterocycles. The number of imidazole rings is 1. The van der Waals surface area contributed by atoms with Gasteiger partial charge in [0.05, 0.1) is 23.1 Å². The van der Waals surface area contributed by atoms with Gasteiger partial charge < -0.3 is 16.0 Å². The molecule has 0 spiro atoms. The summed E-state index contributed by atoms with van der Waals surface area (Å²) < 4.78 is 13.6. The van der Waals surface area contributed by atoms with Crippen molar-refractivity contribution in [3.8, 4) is 22.6 Å². The number of hydrogen-bond donors (Lipinski definition) is 3. The van der Waals surface area contributed by atoms with Gasteiger partial charge in [-0.15, -0.1) is 0 Å². The molecule has 0 aliphatic heterocycles. The molecule has 8 heteroatoms. The third kappa shape index (κ3) is 5.54. The maximum Gasteiger partial charge on any atom is 0.248 e. The Balaban J connectivity index is 1.50. The summed E-state index contributed by atoms with van der Waals surface area (Å²) in [7, 11) is 0. The zero-order valence-electron chi connectivity index (χ0n) is 20.1. The third-order valence-electron chi connectivity index (χ3n) is 6.01. The van der Waals surface area contributed by atoms with Gasteiger partial charge in [-0.1, -0.05) is 42.5 Å². The van der Waals surface area contributed by atoms with Crippen LogP contribution in [0.25, 0.3) is 22.6 Å². The Kier molecular flexibility index (Phi) is 6.72. The molecule has 0 bridgehead atoms. The molecule has 0 saturated carbocycles. The van der Waals surface area contributed by atoms with E-state index >= 15 is 0 Å². The van der Waals surface area contributed by atoms with E-state index in [1.807, 2.05) is 43.3 Å². The second kappa shape index (κ2) is 10.4. The van der Waals surface area contributed by atoms with E-state index in [0.717, 1.165) is 16.7 Å². The Bertz CT molecular complexity index is 1530. The lowest BCUT2D eigenvalue weighted by Crippen LogP contribution is -2.11. The van der Waals surface area contributed by atoms with Crippen LogP contribution >= 0.6 is 0 Å². The van der Waals surface area contributed by atoms with Crippen molar-refractivity contribution >= 4 is 11.9 Å². The van der Waals surface area contributed by atoms with Crippen molar-refractivity contribution in [1.82, 2.24) is 19.9 Å². The van der Waals surface area contributed by atoms with E-state index < -0.39 is 5.91 Å². The minimum absolute atomic E-state index is 0.00267. The van der Waals surface area contributed by atoms with E-state index in [4.69, 9.17) is 15.7 Å². The number of nitrogens with zero attached hydrogens (tertiary/aromatic N) is 3. The van der Waals surface area contributed by atoms with Gasteiger partial charge in [-0.3, -0.25) is 4.79 Å². The average Bonchev–Trinajstić information content (AvgIpc) is 3.33. The first kappa shape index (κ1) is 23.9. The number of hydrogen-bond acceptors (Lipinski definition) is 5. The quantitative estimate of drug-likeness (QED) is 0.264. The summed E-state index contributed by atoms with van der Waals surface area (Å²) in [5.41, 5.74) is 10.6. The van der Waals surface area contributed by atoms with Crippen molar-refractivity contribution in [2.24, 2.45) is 5.73 Å². The molecule has 4 N–H and O–H groups in total. The number of nitrogens with one attached hydrogen (secondary N) is 2. The number of nitrogens with two attached hydrogens (primary N) is 1. The Morgan fingerprint density at radius 3 is 2.54 bits per heavy atom. The first-order valence-electron chi connectivity index (χ1n) is 11.8. The molecule has 0 unspecified atom stereocenters. The molecular weight excluding hydrogens is 467 g/mol. The summed E-state index contributed by atoms with van der Waals surface area (Å²) >= 11 is 0. The first-order valence-corrected chi connectivity index (χ1v) is 11.8. The highest BCUT2D eigenvalue weighted by Gasteiger charge is 2.17. The summed E-state index contributed by atoms with van der Waals surface area (Å²) in [5.74, 6) is 0.332. The number of halogens is 1. The van der Waals surface area contributed by atoms with Crippen LogP contribution in [0.1, 0.15) is 40.3 Å². The van der Waals surface area contributed by atoms with Gasteiger partial charge in [-0.05, 0) is 60.5 Å². The lowest BCUT2D eigenvalue weighted by atomic mass is 10.1. The van der Waals surface area contributed by atoms with E-state index in [2.05, 4.69) is 15.3 Å². The predicted octanol–water partition coefficient (Wildman–Crippen LogP) is 5.54. The van der Waals surface area contributed by atoms with E-state index in [0.29, 0.717) is 40.8 Å². The highest BCUT2D eigenvalue weighted by atomic mass is 19.1. The molecule has 2 aromatic heterocycles. The molecule has 37 heavy (non-hydrogen) atoms. The van der Waals surface area contributed by atoms with Crippen LogP contribution in [-0.4, -0.2) is 25.8 Å². The van der Waals surface area contributed by atoms with Crippen LogP contribution in [-0.2, 0) is 6.42 Å². The molecule has 1 atom stereocenters. The van der Waals surface area contributed by atoms with E-state index in [9.17, 15) is 9.18 Å². The third-order valence-corrected chi connectivity index (χ3v) is 6.01. The molecule has 5 rings (SSSR count).